The Balaban J connectivity index is 1.86. The number of nitrogens with zero attached hydrogens (tertiary/aromatic N) is 2. The Labute approximate surface area is 183 Å². The molecule has 1 amide bonds. The Hall–Kier alpha value is -2.09. The lowest BCUT2D eigenvalue weighted by molar-refractivity contribution is 0.0781. The highest BCUT2D eigenvalue weighted by Crippen LogP contribution is 2.28. The second-order valence-corrected chi connectivity index (χ2v) is 10.1. The Morgan fingerprint density at radius 3 is 2.40 bits per heavy atom. The number of amides is 1. The third-order valence-electron chi connectivity index (χ3n) is 5.46. The van der Waals surface area contributed by atoms with E-state index in [9.17, 15) is 13.2 Å². The van der Waals surface area contributed by atoms with Crippen LogP contribution in [0.3, 0.4) is 0 Å². The van der Waals surface area contributed by atoms with Gasteiger partial charge in [0.2, 0.25) is 10.0 Å². The average Bonchev–Trinajstić information content (AvgIpc) is 2.74. The largest absolute Gasteiger partial charge is 0.496 e. The topological polar surface area (TPSA) is 66.9 Å². The van der Waals surface area contributed by atoms with Crippen LogP contribution >= 0.6 is 11.6 Å². The summed E-state index contributed by atoms with van der Waals surface area (Å²) in [5.41, 5.74) is 1.14. The Bertz CT molecular complexity index is 1000. The number of carbonyl (C=O) groups is 1. The molecule has 0 spiro atoms. The standard InChI is InChI=1S/C22H27ClN2O4S/c1-16-10-12-25(13-11-16)30(27,28)19-8-9-21(29-3)20(14-19)22(26)24(2)15-17-4-6-18(23)7-5-17/h4-9,14,16H,10-13,15H2,1-3H3. The molecule has 0 atom stereocenters. The van der Waals surface area contributed by atoms with Crippen molar-refractivity contribution in [3.8, 4) is 5.75 Å². The monoisotopic (exact) mass is 450 g/mol. The molecule has 6 nitrogen and oxygen atoms in total. The zero-order chi connectivity index (χ0) is 21.9. The van der Waals surface area contributed by atoms with Gasteiger partial charge >= 0.3 is 0 Å². The van der Waals surface area contributed by atoms with Crippen LogP contribution in [0.4, 0.5) is 0 Å². The van der Waals surface area contributed by atoms with E-state index in [1.807, 2.05) is 12.1 Å². The molecule has 2 aromatic rings. The molecule has 1 heterocycles. The number of carbonyl (C=O) groups excluding carboxylic acids is 1. The molecule has 0 aromatic heterocycles. The third kappa shape index (κ3) is 4.96. The number of ether oxygens (including phenoxy) is 1. The number of halogens is 1. The first-order valence-corrected chi connectivity index (χ1v) is 11.7. The van der Waals surface area contributed by atoms with Crippen LogP contribution in [0.1, 0.15) is 35.7 Å². The van der Waals surface area contributed by atoms with Gasteiger partial charge in [0.25, 0.3) is 5.91 Å². The van der Waals surface area contributed by atoms with Crippen LogP contribution in [0, 0.1) is 5.92 Å². The highest BCUT2D eigenvalue weighted by molar-refractivity contribution is 7.89. The van der Waals surface area contributed by atoms with E-state index < -0.39 is 10.0 Å². The number of hydrogen-bond donors (Lipinski definition) is 0. The van der Waals surface area contributed by atoms with Crippen molar-refractivity contribution < 1.29 is 17.9 Å². The molecule has 1 saturated heterocycles. The van der Waals surface area contributed by atoms with E-state index in [4.69, 9.17) is 16.3 Å². The molecule has 0 aliphatic carbocycles. The fourth-order valence-electron chi connectivity index (χ4n) is 3.53. The van der Waals surface area contributed by atoms with Gasteiger partial charge in [-0.2, -0.15) is 4.31 Å². The summed E-state index contributed by atoms with van der Waals surface area (Å²) < 4.78 is 33.1. The van der Waals surface area contributed by atoms with Gasteiger partial charge in [0.1, 0.15) is 5.75 Å². The smallest absolute Gasteiger partial charge is 0.257 e. The minimum atomic E-state index is -3.66. The van der Waals surface area contributed by atoms with E-state index >= 15 is 0 Å². The summed E-state index contributed by atoms with van der Waals surface area (Å²) in [4.78, 5) is 14.7. The van der Waals surface area contributed by atoms with Gasteiger partial charge in [-0.15, -0.1) is 0 Å². The molecule has 2 aromatic carbocycles. The van der Waals surface area contributed by atoms with E-state index in [0.717, 1.165) is 18.4 Å². The molecule has 162 valence electrons. The highest BCUT2D eigenvalue weighted by Gasteiger charge is 2.29. The second kappa shape index (κ2) is 9.37. The minimum absolute atomic E-state index is 0.112. The van der Waals surface area contributed by atoms with E-state index in [1.54, 1.807) is 25.2 Å². The zero-order valence-electron chi connectivity index (χ0n) is 17.5. The van der Waals surface area contributed by atoms with Crippen molar-refractivity contribution in [3.63, 3.8) is 0 Å². The van der Waals surface area contributed by atoms with Crippen molar-refractivity contribution in [2.75, 3.05) is 27.2 Å². The van der Waals surface area contributed by atoms with Crippen molar-refractivity contribution in [1.82, 2.24) is 9.21 Å². The van der Waals surface area contributed by atoms with Crippen LogP contribution in [-0.4, -0.2) is 50.8 Å². The number of methoxy groups -OCH3 is 1. The quantitative estimate of drug-likeness (QED) is 0.666. The number of benzene rings is 2. The van der Waals surface area contributed by atoms with Gasteiger partial charge in [-0.25, -0.2) is 8.42 Å². The molecule has 1 fully saturated rings. The van der Waals surface area contributed by atoms with Crippen LogP contribution < -0.4 is 4.74 Å². The molecular formula is C22H27ClN2O4S. The van der Waals surface area contributed by atoms with Gasteiger partial charge in [0.05, 0.1) is 17.6 Å². The van der Waals surface area contributed by atoms with E-state index in [1.165, 1.54) is 28.4 Å². The van der Waals surface area contributed by atoms with Crippen molar-refractivity contribution in [3.05, 3.63) is 58.6 Å². The number of sulfonamides is 1. The van der Waals surface area contributed by atoms with Crippen LogP contribution in [0.2, 0.25) is 5.02 Å². The minimum Gasteiger partial charge on any atom is -0.496 e. The molecule has 3 rings (SSSR count). The Morgan fingerprint density at radius 1 is 1.17 bits per heavy atom. The Morgan fingerprint density at radius 2 is 1.80 bits per heavy atom. The van der Waals surface area contributed by atoms with Gasteiger partial charge in [0, 0.05) is 31.7 Å². The predicted octanol–water partition coefficient (Wildman–Crippen LogP) is 4.04. The van der Waals surface area contributed by atoms with E-state index in [0.29, 0.717) is 36.3 Å². The average molecular weight is 451 g/mol. The summed E-state index contributed by atoms with van der Waals surface area (Å²) in [5.74, 6) is 0.547. The molecule has 0 N–H and O–H groups in total. The number of rotatable bonds is 6. The second-order valence-electron chi connectivity index (χ2n) is 7.74. The summed E-state index contributed by atoms with van der Waals surface area (Å²) in [7, 11) is -0.529. The normalized spacial score (nSPS) is 15.7. The van der Waals surface area contributed by atoms with E-state index in [2.05, 4.69) is 6.92 Å². The lowest BCUT2D eigenvalue weighted by Gasteiger charge is -2.29. The third-order valence-corrected chi connectivity index (χ3v) is 7.61. The van der Waals surface area contributed by atoms with Crippen LogP contribution in [0.25, 0.3) is 0 Å². The molecule has 1 aliphatic heterocycles. The predicted molar refractivity (Wildman–Crippen MR) is 117 cm³/mol. The van der Waals surface area contributed by atoms with Gasteiger partial charge in [-0.05, 0) is 54.7 Å². The van der Waals surface area contributed by atoms with Crippen LogP contribution in [0.15, 0.2) is 47.4 Å². The molecule has 8 heteroatoms. The SMILES string of the molecule is COc1ccc(S(=O)(=O)N2CCC(C)CC2)cc1C(=O)N(C)Cc1ccc(Cl)cc1. The molecule has 0 unspecified atom stereocenters. The molecule has 0 bridgehead atoms. The number of piperidine rings is 1. The van der Waals surface area contributed by atoms with Gasteiger partial charge in [-0.3, -0.25) is 4.79 Å². The molecule has 0 radical (unpaired) electrons. The maximum atomic E-state index is 13.1. The summed E-state index contributed by atoms with van der Waals surface area (Å²) in [6.45, 7) is 3.48. The summed E-state index contributed by atoms with van der Waals surface area (Å²) in [6, 6.07) is 11.7. The lowest BCUT2D eigenvalue weighted by Crippen LogP contribution is -2.38. The van der Waals surface area contributed by atoms with Gasteiger partial charge in [-0.1, -0.05) is 30.7 Å². The van der Waals surface area contributed by atoms with Crippen molar-refractivity contribution >= 4 is 27.5 Å². The van der Waals surface area contributed by atoms with Crippen molar-refractivity contribution in [1.29, 1.82) is 0 Å². The fourth-order valence-corrected chi connectivity index (χ4v) is 5.15. The van der Waals surface area contributed by atoms with Crippen molar-refractivity contribution in [2.24, 2.45) is 5.92 Å². The number of hydrogen-bond acceptors (Lipinski definition) is 4. The summed E-state index contributed by atoms with van der Waals surface area (Å²) in [5, 5.41) is 0.624. The Kier molecular flexibility index (Phi) is 7.06. The first kappa shape index (κ1) is 22.6. The molecular weight excluding hydrogens is 424 g/mol. The summed E-state index contributed by atoms with van der Waals surface area (Å²) in [6.07, 6.45) is 1.68. The first-order chi connectivity index (χ1) is 14.2. The van der Waals surface area contributed by atoms with E-state index in [-0.39, 0.29) is 16.4 Å². The zero-order valence-corrected chi connectivity index (χ0v) is 19.0. The van der Waals surface area contributed by atoms with Crippen molar-refractivity contribution in [2.45, 2.75) is 31.2 Å². The maximum absolute atomic E-state index is 13.1. The van der Waals surface area contributed by atoms with Gasteiger partial charge in [0.15, 0.2) is 0 Å². The first-order valence-electron chi connectivity index (χ1n) is 9.90. The molecule has 0 saturated carbocycles. The summed E-state index contributed by atoms with van der Waals surface area (Å²) >= 11 is 5.92. The van der Waals surface area contributed by atoms with Gasteiger partial charge < -0.3 is 9.64 Å². The van der Waals surface area contributed by atoms with Crippen LogP contribution in [0.5, 0.6) is 5.75 Å². The van der Waals surface area contributed by atoms with Crippen LogP contribution in [-0.2, 0) is 16.6 Å². The lowest BCUT2D eigenvalue weighted by atomic mass is 10.0. The fraction of sp³-hybridized carbons (Fsp3) is 0.409. The molecule has 30 heavy (non-hydrogen) atoms. The maximum Gasteiger partial charge on any atom is 0.257 e. The highest BCUT2D eigenvalue weighted by atomic mass is 35.5. The molecule has 1 aliphatic rings.